The summed E-state index contributed by atoms with van der Waals surface area (Å²) in [5, 5.41) is 4.28. The Balaban J connectivity index is 1.99. The number of ether oxygens (including phenoxy) is 2. The van der Waals surface area contributed by atoms with E-state index in [1.807, 2.05) is 19.1 Å². The fourth-order valence-corrected chi connectivity index (χ4v) is 1.53. The van der Waals surface area contributed by atoms with Crippen LogP contribution in [-0.4, -0.2) is 33.5 Å². The normalized spacial score (nSPS) is 10.6. The number of hydrogen-bond acceptors (Lipinski definition) is 5. The standard InChI is InChI=1S/C12H16N4O2/c1-3-18-12-5-4-10(6-13-12)7-16-9-14-11(15-16)8-17-2/h4-6,9H,3,7-8H2,1-2H3. The third-order valence-corrected chi connectivity index (χ3v) is 2.29. The van der Waals surface area contributed by atoms with Gasteiger partial charge in [-0.15, -0.1) is 0 Å². The fraction of sp³-hybridized carbons (Fsp3) is 0.417. The van der Waals surface area contributed by atoms with Gasteiger partial charge in [0.25, 0.3) is 0 Å². The van der Waals surface area contributed by atoms with E-state index in [1.165, 1.54) is 0 Å². The van der Waals surface area contributed by atoms with Crippen LogP contribution in [0.25, 0.3) is 0 Å². The van der Waals surface area contributed by atoms with E-state index in [0.29, 0.717) is 31.5 Å². The Morgan fingerprint density at radius 2 is 2.17 bits per heavy atom. The summed E-state index contributed by atoms with van der Waals surface area (Å²) in [5.41, 5.74) is 1.05. The van der Waals surface area contributed by atoms with Crippen LogP contribution >= 0.6 is 0 Å². The molecule has 0 aliphatic rings. The van der Waals surface area contributed by atoms with Gasteiger partial charge in [0.2, 0.25) is 5.88 Å². The van der Waals surface area contributed by atoms with Gasteiger partial charge < -0.3 is 9.47 Å². The van der Waals surface area contributed by atoms with Gasteiger partial charge in [0.1, 0.15) is 12.9 Å². The summed E-state index contributed by atoms with van der Waals surface area (Å²) in [6.45, 7) is 3.61. The van der Waals surface area contributed by atoms with Crippen molar-refractivity contribution in [3.05, 3.63) is 36.0 Å². The molecule has 0 bridgehead atoms. The second-order valence-electron chi connectivity index (χ2n) is 3.73. The van der Waals surface area contributed by atoms with Crippen LogP contribution < -0.4 is 4.74 Å². The second-order valence-corrected chi connectivity index (χ2v) is 3.73. The molecule has 0 aromatic carbocycles. The summed E-state index contributed by atoms with van der Waals surface area (Å²) in [5.74, 6) is 1.32. The van der Waals surface area contributed by atoms with Gasteiger partial charge >= 0.3 is 0 Å². The van der Waals surface area contributed by atoms with Crippen LogP contribution in [0.4, 0.5) is 0 Å². The molecule has 0 spiro atoms. The second kappa shape index (κ2) is 6.11. The molecule has 96 valence electrons. The van der Waals surface area contributed by atoms with E-state index in [4.69, 9.17) is 9.47 Å². The summed E-state index contributed by atoms with van der Waals surface area (Å²) in [7, 11) is 1.62. The average molecular weight is 248 g/mol. The lowest BCUT2D eigenvalue weighted by Gasteiger charge is -2.03. The summed E-state index contributed by atoms with van der Waals surface area (Å²) in [4.78, 5) is 8.33. The van der Waals surface area contributed by atoms with Crippen LogP contribution in [0.3, 0.4) is 0 Å². The van der Waals surface area contributed by atoms with Crippen molar-refractivity contribution in [3.63, 3.8) is 0 Å². The van der Waals surface area contributed by atoms with Gasteiger partial charge in [-0.25, -0.2) is 14.6 Å². The van der Waals surface area contributed by atoms with Crippen LogP contribution in [0.1, 0.15) is 18.3 Å². The maximum atomic E-state index is 5.28. The first-order chi connectivity index (χ1) is 8.81. The minimum atomic E-state index is 0.425. The van der Waals surface area contributed by atoms with Crippen LogP contribution in [0.2, 0.25) is 0 Å². The predicted molar refractivity (Wildman–Crippen MR) is 65.2 cm³/mol. The molecule has 0 atom stereocenters. The number of pyridine rings is 1. The van der Waals surface area contributed by atoms with Crippen LogP contribution in [0.15, 0.2) is 24.7 Å². The zero-order valence-corrected chi connectivity index (χ0v) is 10.5. The molecule has 0 amide bonds. The lowest BCUT2D eigenvalue weighted by atomic mass is 10.3. The molecule has 0 aliphatic carbocycles. The lowest BCUT2D eigenvalue weighted by molar-refractivity contribution is 0.177. The Bertz CT molecular complexity index is 481. The number of hydrogen-bond donors (Lipinski definition) is 0. The molecule has 2 heterocycles. The van der Waals surface area contributed by atoms with E-state index in [1.54, 1.807) is 24.3 Å². The summed E-state index contributed by atoms with van der Waals surface area (Å²) in [6.07, 6.45) is 3.47. The number of aromatic nitrogens is 4. The SMILES string of the molecule is CCOc1ccc(Cn2cnc(COC)n2)cn1. The minimum absolute atomic E-state index is 0.425. The first-order valence-corrected chi connectivity index (χ1v) is 5.76. The maximum Gasteiger partial charge on any atom is 0.213 e. The monoisotopic (exact) mass is 248 g/mol. The molecule has 0 saturated heterocycles. The molecule has 0 fully saturated rings. The lowest BCUT2D eigenvalue weighted by Crippen LogP contribution is -2.02. The zero-order chi connectivity index (χ0) is 12.8. The molecule has 18 heavy (non-hydrogen) atoms. The minimum Gasteiger partial charge on any atom is -0.478 e. The number of methoxy groups -OCH3 is 1. The largest absolute Gasteiger partial charge is 0.478 e. The topological polar surface area (TPSA) is 62.1 Å². The van der Waals surface area contributed by atoms with Crippen molar-refractivity contribution in [2.24, 2.45) is 0 Å². The molecule has 0 saturated carbocycles. The molecule has 2 rings (SSSR count). The predicted octanol–water partition coefficient (Wildman–Crippen LogP) is 1.27. The zero-order valence-electron chi connectivity index (χ0n) is 10.5. The third-order valence-electron chi connectivity index (χ3n) is 2.29. The molecular formula is C12H16N4O2. The van der Waals surface area contributed by atoms with E-state index in [-0.39, 0.29) is 0 Å². The molecule has 2 aromatic heterocycles. The summed E-state index contributed by atoms with van der Waals surface area (Å²) in [6, 6.07) is 3.82. The van der Waals surface area contributed by atoms with Crippen molar-refractivity contribution in [1.29, 1.82) is 0 Å². The molecule has 0 radical (unpaired) electrons. The van der Waals surface area contributed by atoms with Gasteiger partial charge in [-0.2, -0.15) is 5.10 Å². The number of rotatable bonds is 6. The van der Waals surface area contributed by atoms with E-state index in [2.05, 4.69) is 15.1 Å². The Kier molecular flexibility index (Phi) is 4.25. The van der Waals surface area contributed by atoms with Crippen molar-refractivity contribution in [3.8, 4) is 5.88 Å². The molecule has 0 aliphatic heterocycles. The first kappa shape index (κ1) is 12.5. The number of nitrogens with zero attached hydrogens (tertiary/aromatic N) is 4. The Hall–Kier alpha value is -1.95. The quantitative estimate of drug-likeness (QED) is 0.770. The third kappa shape index (κ3) is 3.27. The van der Waals surface area contributed by atoms with E-state index >= 15 is 0 Å². The van der Waals surface area contributed by atoms with Crippen molar-refractivity contribution in [2.45, 2.75) is 20.1 Å². The average Bonchev–Trinajstić information content (AvgIpc) is 2.80. The summed E-state index contributed by atoms with van der Waals surface area (Å²) < 4.78 is 12.0. The smallest absolute Gasteiger partial charge is 0.213 e. The van der Waals surface area contributed by atoms with Crippen molar-refractivity contribution in [1.82, 2.24) is 19.7 Å². The van der Waals surface area contributed by atoms with Crippen molar-refractivity contribution < 1.29 is 9.47 Å². The molecule has 6 heteroatoms. The molecule has 0 unspecified atom stereocenters. The maximum absolute atomic E-state index is 5.28. The molecular weight excluding hydrogens is 232 g/mol. The Morgan fingerprint density at radius 1 is 1.28 bits per heavy atom. The van der Waals surface area contributed by atoms with Crippen LogP contribution in [0.5, 0.6) is 5.88 Å². The fourth-order valence-electron chi connectivity index (χ4n) is 1.53. The molecule has 0 N–H and O–H groups in total. The van der Waals surface area contributed by atoms with Crippen molar-refractivity contribution in [2.75, 3.05) is 13.7 Å². The van der Waals surface area contributed by atoms with E-state index in [0.717, 1.165) is 5.56 Å². The highest BCUT2D eigenvalue weighted by Crippen LogP contribution is 2.08. The highest BCUT2D eigenvalue weighted by molar-refractivity contribution is 5.17. The van der Waals surface area contributed by atoms with Gasteiger partial charge in [-0.1, -0.05) is 6.07 Å². The van der Waals surface area contributed by atoms with Gasteiger partial charge in [-0.05, 0) is 12.5 Å². The van der Waals surface area contributed by atoms with E-state index < -0.39 is 0 Å². The van der Waals surface area contributed by atoms with Crippen LogP contribution in [0, 0.1) is 0 Å². The molecule has 6 nitrogen and oxygen atoms in total. The first-order valence-electron chi connectivity index (χ1n) is 5.76. The Morgan fingerprint density at radius 3 is 2.83 bits per heavy atom. The highest BCUT2D eigenvalue weighted by Gasteiger charge is 2.02. The van der Waals surface area contributed by atoms with Gasteiger partial charge in [-0.3, -0.25) is 0 Å². The molecule has 2 aromatic rings. The summed E-state index contributed by atoms with van der Waals surface area (Å²) >= 11 is 0. The van der Waals surface area contributed by atoms with Gasteiger partial charge in [0.15, 0.2) is 5.82 Å². The Labute approximate surface area is 106 Å². The van der Waals surface area contributed by atoms with Gasteiger partial charge in [0.05, 0.1) is 13.2 Å². The highest BCUT2D eigenvalue weighted by atomic mass is 16.5. The van der Waals surface area contributed by atoms with E-state index in [9.17, 15) is 0 Å². The van der Waals surface area contributed by atoms with Crippen LogP contribution in [-0.2, 0) is 17.9 Å². The van der Waals surface area contributed by atoms with Gasteiger partial charge in [0, 0.05) is 19.4 Å². The van der Waals surface area contributed by atoms with Crippen molar-refractivity contribution >= 4 is 0 Å².